The van der Waals surface area contributed by atoms with Crippen LogP contribution in [-0.4, -0.2) is 53.0 Å². The van der Waals surface area contributed by atoms with Crippen LogP contribution in [0.2, 0.25) is 0 Å². The van der Waals surface area contributed by atoms with E-state index in [1.165, 1.54) is 4.90 Å². The lowest BCUT2D eigenvalue weighted by atomic mass is 10.0. The zero-order valence-electron chi connectivity index (χ0n) is 13.2. The van der Waals surface area contributed by atoms with Gasteiger partial charge in [-0.2, -0.15) is 0 Å². The van der Waals surface area contributed by atoms with Crippen LogP contribution in [0.5, 0.6) is 0 Å². The van der Waals surface area contributed by atoms with Crippen LogP contribution in [0.3, 0.4) is 0 Å². The first-order chi connectivity index (χ1) is 11.7. The van der Waals surface area contributed by atoms with E-state index in [1.54, 1.807) is 0 Å². The molecule has 0 saturated carbocycles. The maximum Gasteiger partial charge on any atom is 0.251 e. The molecule has 3 rings (SSSR count). The van der Waals surface area contributed by atoms with Gasteiger partial charge in [0.1, 0.15) is 11.6 Å². The van der Waals surface area contributed by atoms with E-state index >= 15 is 0 Å². The smallest absolute Gasteiger partial charge is 0.251 e. The molecule has 2 aliphatic rings. The number of nitrogens with two attached hydrogens (primary N) is 1. The van der Waals surface area contributed by atoms with Crippen LogP contribution < -0.4 is 10.6 Å². The van der Waals surface area contributed by atoms with Gasteiger partial charge in [-0.15, -0.1) is 0 Å². The SMILES string of the molecule is NC(=O)C1(O)CCN(C(=O)C2CC(=O)N(c3ccc(F)cc3F)C2)C1. The first kappa shape index (κ1) is 17.3. The van der Waals surface area contributed by atoms with Crippen LogP contribution in [0.25, 0.3) is 0 Å². The molecule has 1 aromatic carbocycles. The van der Waals surface area contributed by atoms with Gasteiger partial charge in [-0.05, 0) is 12.1 Å². The highest BCUT2D eigenvalue weighted by atomic mass is 19.1. The van der Waals surface area contributed by atoms with Gasteiger partial charge in [0.25, 0.3) is 5.91 Å². The zero-order chi connectivity index (χ0) is 18.4. The van der Waals surface area contributed by atoms with Gasteiger partial charge in [0, 0.05) is 32.0 Å². The van der Waals surface area contributed by atoms with Crippen molar-refractivity contribution in [3.63, 3.8) is 0 Å². The van der Waals surface area contributed by atoms with E-state index in [0.29, 0.717) is 6.07 Å². The number of anilines is 1. The molecule has 25 heavy (non-hydrogen) atoms. The monoisotopic (exact) mass is 353 g/mol. The molecule has 0 bridgehead atoms. The van der Waals surface area contributed by atoms with E-state index in [2.05, 4.69) is 0 Å². The average Bonchev–Trinajstić information content (AvgIpc) is 3.11. The molecule has 2 saturated heterocycles. The molecule has 7 nitrogen and oxygen atoms in total. The van der Waals surface area contributed by atoms with Crippen molar-refractivity contribution in [1.82, 2.24) is 4.90 Å². The van der Waals surface area contributed by atoms with Crippen LogP contribution in [0.15, 0.2) is 18.2 Å². The number of aliphatic hydroxyl groups is 1. The standard InChI is InChI=1S/C16H17F2N3O4/c17-10-1-2-12(11(18)6-10)21-7-9(5-13(21)22)14(23)20-4-3-16(25,8-20)15(19)24/h1-2,6,9,25H,3-5,7-8H2,(H2,19,24). The fourth-order valence-corrected chi connectivity index (χ4v) is 3.25. The number of halogens is 2. The summed E-state index contributed by atoms with van der Waals surface area (Å²) in [6.07, 6.45) is -0.0911. The van der Waals surface area contributed by atoms with Gasteiger partial charge in [-0.1, -0.05) is 0 Å². The van der Waals surface area contributed by atoms with Gasteiger partial charge in [0.2, 0.25) is 11.8 Å². The Morgan fingerprint density at radius 1 is 1.32 bits per heavy atom. The number of primary amides is 1. The Balaban J connectivity index is 1.72. The number of benzene rings is 1. The van der Waals surface area contributed by atoms with Gasteiger partial charge < -0.3 is 20.6 Å². The molecule has 0 spiro atoms. The third-order valence-electron chi connectivity index (χ3n) is 4.69. The number of nitrogens with zero attached hydrogens (tertiary/aromatic N) is 2. The van der Waals surface area contributed by atoms with Crippen LogP contribution in [-0.2, 0) is 14.4 Å². The number of carbonyl (C=O) groups excluding carboxylic acids is 3. The van der Waals surface area contributed by atoms with E-state index in [9.17, 15) is 28.3 Å². The average molecular weight is 353 g/mol. The minimum absolute atomic E-state index is 0.0328. The molecule has 0 aliphatic carbocycles. The number of amides is 3. The Hall–Kier alpha value is -2.55. The molecule has 2 unspecified atom stereocenters. The quantitative estimate of drug-likeness (QED) is 0.783. The largest absolute Gasteiger partial charge is 0.378 e. The minimum Gasteiger partial charge on any atom is -0.378 e. The second kappa shape index (κ2) is 6.07. The van der Waals surface area contributed by atoms with Crippen LogP contribution in [0.4, 0.5) is 14.5 Å². The lowest BCUT2D eigenvalue weighted by molar-refractivity contribution is -0.139. The molecule has 3 N–H and O–H groups in total. The highest BCUT2D eigenvalue weighted by molar-refractivity contribution is 6.00. The lowest BCUT2D eigenvalue weighted by Gasteiger charge is -2.23. The summed E-state index contributed by atoms with van der Waals surface area (Å²) in [4.78, 5) is 38.4. The summed E-state index contributed by atoms with van der Waals surface area (Å²) in [6.45, 7) is -0.129. The highest BCUT2D eigenvalue weighted by Crippen LogP contribution is 2.30. The summed E-state index contributed by atoms with van der Waals surface area (Å²) in [5.74, 6) is -4.13. The molecule has 3 amide bonds. The minimum atomic E-state index is -1.76. The van der Waals surface area contributed by atoms with Crippen molar-refractivity contribution in [3.8, 4) is 0 Å². The van der Waals surface area contributed by atoms with Crippen molar-refractivity contribution >= 4 is 23.4 Å². The Kier molecular flexibility index (Phi) is 4.19. The van der Waals surface area contributed by atoms with Crippen molar-refractivity contribution in [1.29, 1.82) is 0 Å². The third kappa shape index (κ3) is 3.07. The molecule has 2 atom stereocenters. The number of β-amino-alcohol motifs (C(OH)–C–C–N with tert-alkyl or cyclic N) is 1. The number of carbonyl (C=O) groups is 3. The Morgan fingerprint density at radius 3 is 2.64 bits per heavy atom. The Morgan fingerprint density at radius 2 is 2.04 bits per heavy atom. The van der Waals surface area contributed by atoms with E-state index in [4.69, 9.17) is 5.73 Å². The molecule has 9 heteroatoms. The summed E-state index contributed by atoms with van der Waals surface area (Å²) in [5, 5.41) is 10.0. The maximum atomic E-state index is 13.9. The van der Waals surface area contributed by atoms with Gasteiger partial charge in [0.15, 0.2) is 5.60 Å². The van der Waals surface area contributed by atoms with Crippen molar-refractivity contribution in [2.24, 2.45) is 11.7 Å². The van der Waals surface area contributed by atoms with Crippen LogP contribution >= 0.6 is 0 Å². The Labute approximate surface area is 142 Å². The predicted octanol–water partition coefficient (Wildman–Crippen LogP) is -0.234. The molecule has 2 aliphatic heterocycles. The molecular formula is C16H17F2N3O4. The van der Waals surface area contributed by atoms with Gasteiger partial charge in [-0.25, -0.2) is 8.78 Å². The summed E-state index contributed by atoms with van der Waals surface area (Å²) in [6, 6.07) is 2.86. The fourth-order valence-electron chi connectivity index (χ4n) is 3.25. The first-order valence-electron chi connectivity index (χ1n) is 7.78. The van der Waals surface area contributed by atoms with Crippen molar-refractivity contribution in [2.75, 3.05) is 24.5 Å². The summed E-state index contributed by atoms with van der Waals surface area (Å²) < 4.78 is 26.9. The second-order valence-corrected chi connectivity index (χ2v) is 6.41. The van der Waals surface area contributed by atoms with E-state index in [1.807, 2.05) is 0 Å². The van der Waals surface area contributed by atoms with Crippen molar-refractivity contribution in [2.45, 2.75) is 18.4 Å². The number of hydrogen-bond acceptors (Lipinski definition) is 4. The van der Waals surface area contributed by atoms with Gasteiger partial charge >= 0.3 is 0 Å². The second-order valence-electron chi connectivity index (χ2n) is 6.41. The molecule has 134 valence electrons. The fraction of sp³-hybridized carbons (Fsp3) is 0.438. The third-order valence-corrected chi connectivity index (χ3v) is 4.69. The van der Waals surface area contributed by atoms with Crippen LogP contribution in [0.1, 0.15) is 12.8 Å². The number of likely N-dealkylation sites (tertiary alicyclic amines) is 1. The highest BCUT2D eigenvalue weighted by Gasteiger charge is 2.46. The lowest BCUT2D eigenvalue weighted by Crippen LogP contribution is -2.47. The molecule has 0 radical (unpaired) electrons. The van der Waals surface area contributed by atoms with Crippen molar-refractivity contribution in [3.05, 3.63) is 29.8 Å². The zero-order valence-corrected chi connectivity index (χ0v) is 13.2. The normalized spacial score (nSPS) is 26.4. The molecule has 0 aromatic heterocycles. The van der Waals surface area contributed by atoms with Gasteiger partial charge in [0.05, 0.1) is 18.2 Å². The first-order valence-corrected chi connectivity index (χ1v) is 7.78. The number of hydrogen-bond donors (Lipinski definition) is 2. The maximum absolute atomic E-state index is 13.9. The summed E-state index contributed by atoms with van der Waals surface area (Å²) in [5.41, 5.74) is 3.29. The van der Waals surface area contributed by atoms with E-state index in [-0.39, 0.29) is 38.2 Å². The van der Waals surface area contributed by atoms with Gasteiger partial charge in [-0.3, -0.25) is 14.4 Å². The molecule has 1 aromatic rings. The van der Waals surface area contributed by atoms with Crippen LogP contribution in [0, 0.1) is 17.6 Å². The number of rotatable bonds is 3. The topological polar surface area (TPSA) is 104 Å². The van der Waals surface area contributed by atoms with E-state index in [0.717, 1.165) is 17.0 Å². The molecule has 2 heterocycles. The predicted molar refractivity (Wildman–Crippen MR) is 82.2 cm³/mol. The van der Waals surface area contributed by atoms with Crippen molar-refractivity contribution < 1.29 is 28.3 Å². The summed E-state index contributed by atoms with van der Waals surface area (Å²) >= 11 is 0. The molecule has 2 fully saturated rings. The molecular weight excluding hydrogens is 336 g/mol. The Bertz CT molecular complexity index is 757. The van der Waals surface area contributed by atoms with E-state index < -0.39 is 40.9 Å². The summed E-state index contributed by atoms with van der Waals surface area (Å²) in [7, 11) is 0.